The number of fused-ring (bicyclic) bond motifs is 1. The molecule has 0 saturated heterocycles. The Kier molecular flexibility index (Phi) is 2.92. The van der Waals surface area contributed by atoms with Crippen molar-refractivity contribution in [3.63, 3.8) is 0 Å². The number of halogens is 1. The van der Waals surface area contributed by atoms with Crippen LogP contribution in [0.15, 0.2) is 46.9 Å². The summed E-state index contributed by atoms with van der Waals surface area (Å²) in [6.07, 6.45) is 0.840. The Balaban J connectivity index is 1.92. The summed E-state index contributed by atoms with van der Waals surface area (Å²) in [7, 11) is 0. The molecule has 0 radical (unpaired) electrons. The van der Waals surface area contributed by atoms with Crippen LogP contribution >= 0.6 is 15.9 Å². The van der Waals surface area contributed by atoms with Crippen molar-refractivity contribution < 1.29 is 0 Å². The van der Waals surface area contributed by atoms with Crippen LogP contribution in [-0.2, 0) is 6.42 Å². The Labute approximate surface area is 114 Å². The van der Waals surface area contributed by atoms with Crippen molar-refractivity contribution in [1.29, 1.82) is 0 Å². The van der Waals surface area contributed by atoms with Crippen LogP contribution in [0.5, 0.6) is 0 Å². The number of aryl methyl sites for hydroxylation is 1. The number of nitrogens with one attached hydrogen (secondary N) is 1. The van der Waals surface area contributed by atoms with E-state index >= 15 is 0 Å². The van der Waals surface area contributed by atoms with Crippen LogP contribution in [0.2, 0.25) is 0 Å². The molecule has 0 fully saturated rings. The van der Waals surface area contributed by atoms with Gasteiger partial charge in [0.15, 0.2) is 0 Å². The van der Waals surface area contributed by atoms with E-state index < -0.39 is 0 Å². The predicted molar refractivity (Wildman–Crippen MR) is 77.8 cm³/mol. The van der Waals surface area contributed by atoms with E-state index in [0.29, 0.717) is 0 Å². The first-order valence-corrected chi connectivity index (χ1v) is 6.70. The maximum absolute atomic E-state index is 4.60. The molecule has 0 aliphatic carbocycles. The molecular weight excluding hydrogens is 288 g/mol. The molecule has 18 heavy (non-hydrogen) atoms. The second kappa shape index (κ2) is 4.58. The van der Waals surface area contributed by atoms with E-state index in [9.17, 15) is 0 Å². The smallest absolute Gasteiger partial charge is 0.111 e. The highest BCUT2D eigenvalue weighted by Gasteiger charge is 2.04. The first-order valence-electron chi connectivity index (χ1n) is 5.90. The van der Waals surface area contributed by atoms with Crippen molar-refractivity contribution in [2.75, 3.05) is 0 Å². The molecule has 0 spiro atoms. The maximum atomic E-state index is 4.60. The van der Waals surface area contributed by atoms with E-state index in [-0.39, 0.29) is 0 Å². The summed E-state index contributed by atoms with van der Waals surface area (Å²) in [4.78, 5) is 7.95. The monoisotopic (exact) mass is 300 g/mol. The summed E-state index contributed by atoms with van der Waals surface area (Å²) >= 11 is 3.47. The lowest BCUT2D eigenvalue weighted by atomic mass is 10.1. The number of aromatic amines is 1. The normalized spacial score (nSPS) is 11.0. The van der Waals surface area contributed by atoms with Crippen LogP contribution in [0.3, 0.4) is 0 Å². The number of rotatable bonds is 2. The van der Waals surface area contributed by atoms with Crippen LogP contribution < -0.4 is 0 Å². The lowest BCUT2D eigenvalue weighted by Crippen LogP contribution is -1.90. The maximum Gasteiger partial charge on any atom is 0.111 e. The molecule has 2 aromatic carbocycles. The van der Waals surface area contributed by atoms with Gasteiger partial charge in [0.05, 0.1) is 11.0 Å². The number of imidazole rings is 1. The first kappa shape index (κ1) is 11.5. The molecule has 3 rings (SSSR count). The standard InChI is InChI=1S/C15H13BrN2/c1-10-2-4-11(5-3-10)8-15-17-13-7-6-12(16)9-14(13)18-15/h2-7,9H,8H2,1H3,(H,17,18). The summed E-state index contributed by atoms with van der Waals surface area (Å²) in [5.74, 6) is 1.01. The largest absolute Gasteiger partial charge is 0.342 e. The fraction of sp³-hybridized carbons (Fsp3) is 0.133. The van der Waals surface area contributed by atoms with Crippen molar-refractivity contribution in [3.05, 3.63) is 63.9 Å². The zero-order chi connectivity index (χ0) is 12.5. The van der Waals surface area contributed by atoms with Gasteiger partial charge in [-0.05, 0) is 30.7 Å². The molecule has 0 aliphatic heterocycles. The van der Waals surface area contributed by atoms with Gasteiger partial charge in [0.25, 0.3) is 0 Å². The topological polar surface area (TPSA) is 28.7 Å². The molecule has 0 bridgehead atoms. The second-order valence-corrected chi connectivity index (χ2v) is 5.42. The highest BCUT2D eigenvalue weighted by molar-refractivity contribution is 9.10. The van der Waals surface area contributed by atoms with Gasteiger partial charge in [-0.3, -0.25) is 0 Å². The van der Waals surface area contributed by atoms with E-state index in [1.54, 1.807) is 0 Å². The molecule has 0 atom stereocenters. The number of nitrogens with zero attached hydrogens (tertiary/aromatic N) is 1. The van der Waals surface area contributed by atoms with Gasteiger partial charge in [0.1, 0.15) is 5.82 Å². The molecule has 1 N–H and O–H groups in total. The van der Waals surface area contributed by atoms with E-state index in [1.807, 2.05) is 12.1 Å². The van der Waals surface area contributed by atoms with Gasteiger partial charge in [-0.15, -0.1) is 0 Å². The quantitative estimate of drug-likeness (QED) is 0.754. The average molecular weight is 301 g/mol. The highest BCUT2D eigenvalue weighted by Crippen LogP contribution is 2.19. The fourth-order valence-electron chi connectivity index (χ4n) is 2.02. The molecule has 0 unspecified atom stereocenters. The SMILES string of the molecule is Cc1ccc(Cc2nc3ccc(Br)cc3[nH]2)cc1. The van der Waals surface area contributed by atoms with Gasteiger partial charge in [0.2, 0.25) is 0 Å². The molecule has 0 saturated carbocycles. The van der Waals surface area contributed by atoms with E-state index in [1.165, 1.54) is 11.1 Å². The van der Waals surface area contributed by atoms with Gasteiger partial charge >= 0.3 is 0 Å². The van der Waals surface area contributed by atoms with Crippen molar-refractivity contribution in [3.8, 4) is 0 Å². The molecule has 90 valence electrons. The van der Waals surface area contributed by atoms with Crippen molar-refractivity contribution in [2.45, 2.75) is 13.3 Å². The van der Waals surface area contributed by atoms with Crippen molar-refractivity contribution >= 4 is 27.0 Å². The molecule has 1 heterocycles. The fourth-order valence-corrected chi connectivity index (χ4v) is 2.38. The zero-order valence-corrected chi connectivity index (χ0v) is 11.7. The van der Waals surface area contributed by atoms with Crippen LogP contribution in [0.4, 0.5) is 0 Å². The Morgan fingerprint density at radius 2 is 1.89 bits per heavy atom. The molecule has 3 heteroatoms. The number of aromatic nitrogens is 2. The summed E-state index contributed by atoms with van der Waals surface area (Å²) < 4.78 is 1.07. The van der Waals surface area contributed by atoms with Crippen LogP contribution in [-0.4, -0.2) is 9.97 Å². The molecular formula is C15H13BrN2. The van der Waals surface area contributed by atoms with Crippen LogP contribution in [0.1, 0.15) is 17.0 Å². The van der Waals surface area contributed by atoms with Gasteiger partial charge in [0, 0.05) is 10.9 Å². The minimum Gasteiger partial charge on any atom is -0.342 e. The van der Waals surface area contributed by atoms with Crippen LogP contribution in [0, 0.1) is 6.92 Å². The minimum absolute atomic E-state index is 0.840. The van der Waals surface area contributed by atoms with E-state index in [0.717, 1.165) is 27.8 Å². The van der Waals surface area contributed by atoms with Crippen molar-refractivity contribution in [1.82, 2.24) is 9.97 Å². The number of H-pyrrole nitrogens is 1. The minimum atomic E-state index is 0.840. The average Bonchev–Trinajstić information content (AvgIpc) is 2.73. The third-order valence-corrected chi connectivity index (χ3v) is 3.48. The number of hydrogen-bond donors (Lipinski definition) is 1. The Bertz CT molecular complexity index is 683. The number of hydrogen-bond acceptors (Lipinski definition) is 1. The van der Waals surface area contributed by atoms with E-state index in [4.69, 9.17) is 0 Å². The summed E-state index contributed by atoms with van der Waals surface area (Å²) in [6.45, 7) is 2.10. The summed E-state index contributed by atoms with van der Waals surface area (Å²) in [6, 6.07) is 14.7. The van der Waals surface area contributed by atoms with Gasteiger partial charge in [-0.1, -0.05) is 45.8 Å². The molecule has 3 aromatic rings. The molecule has 0 aliphatic rings. The van der Waals surface area contributed by atoms with Gasteiger partial charge in [-0.2, -0.15) is 0 Å². The third kappa shape index (κ3) is 2.31. The van der Waals surface area contributed by atoms with Gasteiger partial charge in [-0.25, -0.2) is 4.98 Å². The third-order valence-electron chi connectivity index (χ3n) is 2.99. The summed E-state index contributed by atoms with van der Waals surface area (Å²) in [5, 5.41) is 0. The molecule has 1 aromatic heterocycles. The molecule has 0 amide bonds. The lowest BCUT2D eigenvalue weighted by Gasteiger charge is -1.98. The Morgan fingerprint density at radius 3 is 2.67 bits per heavy atom. The highest BCUT2D eigenvalue weighted by atomic mass is 79.9. The number of benzene rings is 2. The lowest BCUT2D eigenvalue weighted by molar-refractivity contribution is 1.04. The second-order valence-electron chi connectivity index (χ2n) is 4.51. The van der Waals surface area contributed by atoms with Gasteiger partial charge < -0.3 is 4.98 Å². The Hall–Kier alpha value is -1.61. The van der Waals surface area contributed by atoms with E-state index in [2.05, 4.69) is 63.2 Å². The molecule has 2 nitrogen and oxygen atoms in total. The summed E-state index contributed by atoms with van der Waals surface area (Å²) in [5.41, 5.74) is 4.65. The van der Waals surface area contributed by atoms with Crippen molar-refractivity contribution in [2.24, 2.45) is 0 Å². The first-order chi connectivity index (χ1) is 8.70. The van der Waals surface area contributed by atoms with Crippen LogP contribution in [0.25, 0.3) is 11.0 Å². The zero-order valence-electron chi connectivity index (χ0n) is 10.1. The Morgan fingerprint density at radius 1 is 1.11 bits per heavy atom. The predicted octanol–water partition coefficient (Wildman–Crippen LogP) is 4.22.